The first-order valence-electron chi connectivity index (χ1n) is 5.61. The zero-order valence-corrected chi connectivity index (χ0v) is 10.1. The fraction of sp³-hybridized carbons (Fsp3) is 0.500. The van der Waals surface area contributed by atoms with Gasteiger partial charge in [-0.15, -0.1) is 0 Å². The Balaban J connectivity index is 2.74. The van der Waals surface area contributed by atoms with Crippen LogP contribution >= 0.6 is 0 Å². The number of amides is 1. The Morgan fingerprint density at radius 3 is 2.76 bits per heavy atom. The van der Waals surface area contributed by atoms with Crippen molar-refractivity contribution in [3.05, 3.63) is 24.0 Å². The summed E-state index contributed by atoms with van der Waals surface area (Å²) in [6.45, 7) is 3.95. The predicted octanol–water partition coefficient (Wildman–Crippen LogP) is 0.924. The summed E-state index contributed by atoms with van der Waals surface area (Å²) in [5.74, 6) is -0.274. The summed E-state index contributed by atoms with van der Waals surface area (Å²) < 4.78 is 0. The number of aromatic nitrogens is 1. The van der Waals surface area contributed by atoms with Crippen molar-refractivity contribution in [3.63, 3.8) is 0 Å². The number of pyridine rings is 1. The Hall–Kier alpha value is -1.62. The van der Waals surface area contributed by atoms with Gasteiger partial charge in [0.25, 0.3) is 5.91 Å². The minimum Gasteiger partial charge on any atom is -0.505 e. The van der Waals surface area contributed by atoms with E-state index in [1.54, 1.807) is 0 Å². The van der Waals surface area contributed by atoms with Crippen molar-refractivity contribution in [3.8, 4) is 5.75 Å². The van der Waals surface area contributed by atoms with E-state index in [-0.39, 0.29) is 35.8 Å². The standard InChI is InChI=1S/C12H18N2O3/c1-8(2)10(4-6-15)14-12(17)9-3-5-13-7-11(9)16/h3,5,7-8,10,15-16H,4,6H2,1-2H3,(H,14,17). The predicted molar refractivity (Wildman–Crippen MR) is 63.7 cm³/mol. The number of nitrogens with one attached hydrogen (secondary N) is 1. The van der Waals surface area contributed by atoms with Crippen LogP contribution in [0.4, 0.5) is 0 Å². The highest BCUT2D eigenvalue weighted by molar-refractivity contribution is 5.96. The van der Waals surface area contributed by atoms with E-state index in [1.807, 2.05) is 13.8 Å². The number of carbonyl (C=O) groups excluding carboxylic acids is 1. The number of hydrogen-bond acceptors (Lipinski definition) is 4. The van der Waals surface area contributed by atoms with E-state index in [2.05, 4.69) is 10.3 Å². The fourth-order valence-electron chi connectivity index (χ4n) is 1.54. The summed E-state index contributed by atoms with van der Waals surface area (Å²) >= 11 is 0. The van der Waals surface area contributed by atoms with Gasteiger partial charge < -0.3 is 15.5 Å². The molecule has 5 heteroatoms. The first-order chi connectivity index (χ1) is 8.06. The molecule has 0 bridgehead atoms. The molecule has 0 fully saturated rings. The molecule has 1 amide bonds. The van der Waals surface area contributed by atoms with Crippen molar-refractivity contribution in [2.45, 2.75) is 26.3 Å². The maximum Gasteiger partial charge on any atom is 0.255 e. The monoisotopic (exact) mass is 238 g/mol. The SMILES string of the molecule is CC(C)C(CCO)NC(=O)c1ccncc1O. The first kappa shape index (κ1) is 13.4. The second-order valence-corrected chi connectivity index (χ2v) is 4.23. The van der Waals surface area contributed by atoms with Gasteiger partial charge in [0.2, 0.25) is 0 Å². The quantitative estimate of drug-likeness (QED) is 0.712. The third-order valence-electron chi connectivity index (χ3n) is 2.61. The average Bonchev–Trinajstić information content (AvgIpc) is 2.28. The Kier molecular flexibility index (Phi) is 4.90. The molecule has 1 aromatic heterocycles. The number of hydrogen-bond donors (Lipinski definition) is 3. The average molecular weight is 238 g/mol. The molecule has 1 rings (SSSR count). The molecule has 1 atom stereocenters. The van der Waals surface area contributed by atoms with Crippen molar-refractivity contribution in [1.29, 1.82) is 0 Å². The number of rotatable bonds is 5. The summed E-state index contributed by atoms with van der Waals surface area (Å²) in [7, 11) is 0. The van der Waals surface area contributed by atoms with Gasteiger partial charge in [0.15, 0.2) is 0 Å². The zero-order chi connectivity index (χ0) is 12.8. The van der Waals surface area contributed by atoms with E-state index in [4.69, 9.17) is 5.11 Å². The van der Waals surface area contributed by atoms with Gasteiger partial charge in [-0.2, -0.15) is 0 Å². The van der Waals surface area contributed by atoms with Crippen LogP contribution in [0.25, 0.3) is 0 Å². The van der Waals surface area contributed by atoms with Crippen LogP contribution in [0.15, 0.2) is 18.5 Å². The van der Waals surface area contributed by atoms with Crippen molar-refractivity contribution in [2.24, 2.45) is 5.92 Å². The van der Waals surface area contributed by atoms with Gasteiger partial charge >= 0.3 is 0 Å². The van der Waals surface area contributed by atoms with E-state index >= 15 is 0 Å². The highest BCUT2D eigenvalue weighted by Gasteiger charge is 2.18. The first-order valence-corrected chi connectivity index (χ1v) is 5.61. The van der Waals surface area contributed by atoms with Gasteiger partial charge in [0, 0.05) is 18.8 Å². The van der Waals surface area contributed by atoms with E-state index in [0.717, 1.165) is 0 Å². The van der Waals surface area contributed by atoms with E-state index in [0.29, 0.717) is 6.42 Å². The molecule has 0 aliphatic carbocycles. The molecular formula is C12H18N2O3. The summed E-state index contributed by atoms with van der Waals surface area (Å²) in [6, 6.07) is 1.35. The number of aliphatic hydroxyl groups excluding tert-OH is 1. The van der Waals surface area contributed by atoms with Crippen LogP contribution in [0, 0.1) is 5.92 Å². The molecule has 0 aliphatic rings. The van der Waals surface area contributed by atoms with E-state index in [9.17, 15) is 9.90 Å². The topological polar surface area (TPSA) is 82.5 Å². The molecule has 0 radical (unpaired) electrons. The largest absolute Gasteiger partial charge is 0.505 e. The molecule has 1 unspecified atom stereocenters. The third kappa shape index (κ3) is 3.71. The molecule has 0 aliphatic heterocycles. The summed E-state index contributed by atoms with van der Waals surface area (Å²) in [5.41, 5.74) is 0.198. The Morgan fingerprint density at radius 1 is 1.53 bits per heavy atom. The van der Waals surface area contributed by atoms with Crippen LogP contribution in [0.5, 0.6) is 5.75 Å². The Bertz CT molecular complexity index is 380. The van der Waals surface area contributed by atoms with Crippen molar-refractivity contribution >= 4 is 5.91 Å². The number of aliphatic hydroxyl groups is 1. The van der Waals surface area contributed by atoms with Gasteiger partial charge in [-0.1, -0.05) is 13.8 Å². The van der Waals surface area contributed by atoms with Crippen LogP contribution < -0.4 is 5.32 Å². The molecule has 0 aromatic carbocycles. The van der Waals surface area contributed by atoms with Gasteiger partial charge in [-0.05, 0) is 18.4 Å². The molecule has 0 saturated carbocycles. The molecule has 0 spiro atoms. The highest BCUT2D eigenvalue weighted by atomic mass is 16.3. The van der Waals surface area contributed by atoms with Gasteiger partial charge in [0.1, 0.15) is 5.75 Å². The minimum absolute atomic E-state index is 0.0193. The Morgan fingerprint density at radius 2 is 2.24 bits per heavy atom. The molecule has 94 valence electrons. The number of carbonyl (C=O) groups is 1. The number of nitrogens with zero attached hydrogens (tertiary/aromatic N) is 1. The number of aromatic hydroxyl groups is 1. The summed E-state index contributed by atoms with van der Waals surface area (Å²) in [6.07, 6.45) is 3.17. The van der Waals surface area contributed by atoms with Crippen molar-refractivity contribution in [2.75, 3.05) is 6.61 Å². The maximum atomic E-state index is 11.9. The maximum absolute atomic E-state index is 11.9. The van der Waals surface area contributed by atoms with E-state index in [1.165, 1.54) is 18.5 Å². The normalized spacial score (nSPS) is 12.5. The molecule has 5 nitrogen and oxygen atoms in total. The second-order valence-electron chi connectivity index (χ2n) is 4.23. The van der Waals surface area contributed by atoms with Crippen LogP contribution in [0.3, 0.4) is 0 Å². The summed E-state index contributed by atoms with van der Waals surface area (Å²) in [4.78, 5) is 15.6. The lowest BCUT2D eigenvalue weighted by molar-refractivity contribution is 0.0914. The summed E-state index contributed by atoms with van der Waals surface area (Å²) in [5, 5.41) is 21.2. The minimum atomic E-state index is -0.350. The van der Waals surface area contributed by atoms with Crippen LogP contribution in [0.1, 0.15) is 30.6 Å². The lowest BCUT2D eigenvalue weighted by Gasteiger charge is -2.21. The molecular weight excluding hydrogens is 220 g/mol. The fourth-order valence-corrected chi connectivity index (χ4v) is 1.54. The van der Waals surface area contributed by atoms with Crippen LogP contribution in [0.2, 0.25) is 0 Å². The van der Waals surface area contributed by atoms with Crippen molar-refractivity contribution in [1.82, 2.24) is 10.3 Å². The highest BCUT2D eigenvalue weighted by Crippen LogP contribution is 2.15. The lowest BCUT2D eigenvalue weighted by atomic mass is 10.0. The van der Waals surface area contributed by atoms with Gasteiger partial charge in [0.05, 0.1) is 11.8 Å². The molecule has 0 saturated heterocycles. The smallest absolute Gasteiger partial charge is 0.255 e. The molecule has 1 aromatic rings. The van der Waals surface area contributed by atoms with E-state index < -0.39 is 0 Å². The Labute approximate surface area is 101 Å². The van der Waals surface area contributed by atoms with Crippen LogP contribution in [-0.4, -0.2) is 33.8 Å². The third-order valence-corrected chi connectivity index (χ3v) is 2.61. The molecule has 1 heterocycles. The molecule has 3 N–H and O–H groups in total. The van der Waals surface area contributed by atoms with Crippen molar-refractivity contribution < 1.29 is 15.0 Å². The molecule has 17 heavy (non-hydrogen) atoms. The van der Waals surface area contributed by atoms with Gasteiger partial charge in [-0.25, -0.2) is 0 Å². The zero-order valence-electron chi connectivity index (χ0n) is 10.1. The second kappa shape index (κ2) is 6.20. The van der Waals surface area contributed by atoms with Crippen LogP contribution in [-0.2, 0) is 0 Å². The lowest BCUT2D eigenvalue weighted by Crippen LogP contribution is -2.39. The van der Waals surface area contributed by atoms with Gasteiger partial charge in [-0.3, -0.25) is 9.78 Å².